The number of rotatable bonds is 9. The molecule has 2 nitrogen and oxygen atoms in total. The lowest BCUT2D eigenvalue weighted by Gasteiger charge is -2.25. The molecule has 53 heavy (non-hydrogen) atoms. The molecule has 0 bridgehead atoms. The van der Waals surface area contributed by atoms with Crippen molar-refractivity contribution in [2.24, 2.45) is 0 Å². The third-order valence-corrected chi connectivity index (χ3v) is 10.1. The lowest BCUT2D eigenvalue weighted by atomic mass is 9.79. The van der Waals surface area contributed by atoms with E-state index in [1.807, 2.05) is 72.8 Å². The number of anilines is 1. The minimum atomic E-state index is -6.30. The van der Waals surface area contributed by atoms with Crippen LogP contribution in [0.4, 0.5) is 40.6 Å². The summed E-state index contributed by atoms with van der Waals surface area (Å²) in [5.74, 6) is -10.0. The maximum absolute atomic E-state index is 14.2. The van der Waals surface area contributed by atoms with Gasteiger partial charge in [0.2, 0.25) is 0 Å². The van der Waals surface area contributed by atoms with E-state index >= 15 is 0 Å². The van der Waals surface area contributed by atoms with Crippen molar-refractivity contribution in [3.63, 3.8) is 0 Å². The van der Waals surface area contributed by atoms with Crippen LogP contribution in [0.2, 0.25) is 0 Å². The van der Waals surface area contributed by atoms with Crippen LogP contribution < -0.4 is 10.4 Å². The summed E-state index contributed by atoms with van der Waals surface area (Å²) in [6.45, 7) is -4.70. The third kappa shape index (κ3) is 10.0. The van der Waals surface area contributed by atoms with Crippen LogP contribution in [0.25, 0.3) is 0 Å². The van der Waals surface area contributed by atoms with E-state index in [2.05, 4.69) is 88.9 Å². The van der Waals surface area contributed by atoms with Gasteiger partial charge in [-0.15, -0.1) is 0 Å². The minimum absolute atomic E-state index is 0.370. The van der Waals surface area contributed by atoms with Gasteiger partial charge in [0.15, 0.2) is 43.3 Å². The molecule has 0 saturated carbocycles. The number of hydrogen-bond donors (Lipinski definition) is 0. The van der Waals surface area contributed by atoms with Gasteiger partial charge in [-0.1, -0.05) is 113 Å². The molecule has 0 aliphatic heterocycles. The summed E-state index contributed by atoms with van der Waals surface area (Å²) < 4.78 is 112. The molecule has 0 radical (unpaired) electrons. The molecule has 1 unspecified atom stereocenters. The molecule has 0 amide bonds. The Morgan fingerprint density at radius 1 is 0.509 bits per heavy atom. The van der Waals surface area contributed by atoms with Crippen LogP contribution in [-0.2, 0) is 33.0 Å². The van der Waals surface area contributed by atoms with Gasteiger partial charge in [-0.3, -0.25) is 0 Å². The largest absolute Gasteiger partial charge is 0.515 e. The molecule has 270 valence electrons. The predicted octanol–water partition coefficient (Wildman–Crippen LogP) is 10.4. The second-order valence-electron chi connectivity index (χ2n) is 11.8. The standard InChI is InChI=1S/C35H30NOS.C6BF8/c37-38(35-19-11-4-12-20-35,26-25-30-13-5-1-6-14-30)29-33-21-23-34(24-22-33)36(27-31-15-7-2-8-16-31)28-32-17-9-3-10-18-32;8-2-1(7(13,14)15)3(9)5(11)6(12)4(2)10/h1-24H,27-29H2;/q+1;-1. The normalized spacial score (nSPS) is 12.1. The molecular weight excluding hydrogens is 717 g/mol. The van der Waals surface area contributed by atoms with Gasteiger partial charge in [0.05, 0.1) is 0 Å². The van der Waals surface area contributed by atoms with Crippen molar-refractivity contribution in [1.29, 1.82) is 0 Å². The van der Waals surface area contributed by atoms with Crippen LogP contribution in [0.3, 0.4) is 0 Å². The van der Waals surface area contributed by atoms with E-state index < -0.39 is 51.5 Å². The fourth-order valence-electron chi connectivity index (χ4n) is 5.27. The predicted molar refractivity (Wildman–Crippen MR) is 194 cm³/mol. The van der Waals surface area contributed by atoms with E-state index in [1.54, 1.807) is 0 Å². The van der Waals surface area contributed by atoms with Crippen LogP contribution in [0.5, 0.6) is 0 Å². The van der Waals surface area contributed by atoms with Crippen LogP contribution in [-0.4, -0.2) is 6.98 Å². The second-order valence-corrected chi connectivity index (χ2v) is 14.1. The highest BCUT2D eigenvalue weighted by Crippen LogP contribution is 2.27. The first kappa shape index (κ1) is 38.6. The van der Waals surface area contributed by atoms with Crippen molar-refractivity contribution in [2.45, 2.75) is 23.7 Å². The molecule has 0 aliphatic carbocycles. The van der Waals surface area contributed by atoms with Gasteiger partial charge in [-0.2, -0.15) is 0 Å². The number of nitrogens with zero attached hydrogens (tertiary/aromatic N) is 1. The number of hydrogen-bond acceptors (Lipinski definition) is 2. The highest BCUT2D eigenvalue weighted by Gasteiger charge is 2.38. The summed E-state index contributed by atoms with van der Waals surface area (Å²) in [5.41, 5.74) is 2.79. The topological polar surface area (TPSA) is 20.3 Å². The summed E-state index contributed by atoms with van der Waals surface area (Å²) in [5, 5.41) is 3.15. The summed E-state index contributed by atoms with van der Waals surface area (Å²) >= 11 is 0. The van der Waals surface area contributed by atoms with Gasteiger partial charge in [0.1, 0.15) is 11.6 Å². The van der Waals surface area contributed by atoms with Crippen molar-refractivity contribution >= 4 is 28.1 Å². The Hall–Kier alpha value is -5.67. The molecule has 0 fully saturated rings. The smallest absolute Gasteiger partial charge is 0.445 e. The molecule has 0 aliphatic rings. The zero-order valence-electron chi connectivity index (χ0n) is 27.8. The molecular formula is C41H30BF8NOS. The minimum Gasteiger partial charge on any atom is -0.445 e. The average Bonchev–Trinajstić information content (AvgIpc) is 3.17. The Morgan fingerprint density at radius 3 is 1.38 bits per heavy atom. The van der Waals surface area contributed by atoms with Gasteiger partial charge in [0, 0.05) is 29.9 Å². The van der Waals surface area contributed by atoms with E-state index in [0.29, 0.717) is 5.75 Å². The van der Waals surface area contributed by atoms with Crippen LogP contribution >= 0.6 is 0 Å². The van der Waals surface area contributed by atoms with Crippen molar-refractivity contribution < 1.29 is 39.1 Å². The molecule has 0 heterocycles. The Morgan fingerprint density at radius 2 is 0.925 bits per heavy atom. The summed E-state index contributed by atoms with van der Waals surface area (Å²) in [4.78, 5) is 3.14. The molecule has 1 atom stereocenters. The Kier molecular flexibility index (Phi) is 12.5. The molecule has 6 aromatic carbocycles. The number of benzene rings is 6. The maximum atomic E-state index is 14.2. The molecule has 0 saturated heterocycles. The Labute approximate surface area is 303 Å². The number of halogens is 8. The molecule has 6 rings (SSSR count). The van der Waals surface area contributed by atoms with E-state index in [0.717, 1.165) is 34.8 Å². The van der Waals surface area contributed by atoms with Gasteiger partial charge < -0.3 is 17.8 Å². The fourth-order valence-corrected chi connectivity index (χ4v) is 7.17. The van der Waals surface area contributed by atoms with Gasteiger partial charge >= 0.3 is 6.98 Å². The maximum Gasteiger partial charge on any atom is 0.515 e. The van der Waals surface area contributed by atoms with Gasteiger partial charge in [-0.05, 0) is 58.9 Å². The second kappa shape index (κ2) is 17.2. The molecule has 6 aromatic rings. The molecule has 12 heteroatoms. The average molecular weight is 748 g/mol. The molecule has 0 aromatic heterocycles. The first-order chi connectivity index (χ1) is 25.4. The molecule has 0 N–H and O–H groups in total. The Balaban J connectivity index is 0.000000303. The van der Waals surface area contributed by atoms with E-state index in [9.17, 15) is 39.1 Å². The quantitative estimate of drug-likeness (QED) is 0.0367. The highest BCUT2D eigenvalue weighted by atomic mass is 32.2. The zero-order valence-corrected chi connectivity index (χ0v) is 28.7. The van der Waals surface area contributed by atoms with E-state index in [1.165, 1.54) is 11.1 Å². The Bertz CT molecular complexity index is 2160. The van der Waals surface area contributed by atoms with Crippen molar-refractivity contribution in [1.82, 2.24) is 0 Å². The fraction of sp³-hybridized carbons (Fsp3) is 0.0732. The summed E-state index contributed by atoms with van der Waals surface area (Å²) in [6, 6.07) is 48.9. The molecule has 0 spiro atoms. The van der Waals surface area contributed by atoms with Crippen LogP contribution in [0, 0.1) is 40.3 Å². The van der Waals surface area contributed by atoms with Gasteiger partial charge in [-0.25, -0.2) is 22.0 Å². The van der Waals surface area contributed by atoms with E-state index in [-0.39, 0.29) is 0 Å². The lowest BCUT2D eigenvalue weighted by molar-refractivity contribution is 0.377. The SMILES string of the molecule is Fc1c(F)c(F)c([B-](F)(F)F)c(F)c1F.O=[S+](C#Cc1ccccc1)(Cc1ccc(N(Cc2ccccc2)Cc2ccccc2)cc1)c1ccccc1. The third-order valence-electron chi connectivity index (χ3n) is 7.93. The van der Waals surface area contributed by atoms with Crippen molar-refractivity contribution in [2.75, 3.05) is 4.90 Å². The highest BCUT2D eigenvalue weighted by molar-refractivity contribution is 8.06. The van der Waals surface area contributed by atoms with Crippen LogP contribution in [0.15, 0.2) is 150 Å². The van der Waals surface area contributed by atoms with Crippen molar-refractivity contribution in [3.8, 4) is 11.2 Å². The first-order valence-electron chi connectivity index (χ1n) is 16.1. The summed E-state index contributed by atoms with van der Waals surface area (Å²) in [7, 11) is -2.62. The first-order valence-corrected chi connectivity index (χ1v) is 17.9. The summed E-state index contributed by atoms with van der Waals surface area (Å²) in [6.07, 6.45) is 0. The monoisotopic (exact) mass is 747 g/mol. The van der Waals surface area contributed by atoms with Crippen LogP contribution in [0.1, 0.15) is 22.3 Å². The van der Waals surface area contributed by atoms with E-state index in [4.69, 9.17) is 0 Å². The zero-order chi connectivity index (χ0) is 38.0. The lowest BCUT2D eigenvalue weighted by Crippen LogP contribution is -2.41. The van der Waals surface area contributed by atoms with Gasteiger partial charge in [0.25, 0.3) is 0 Å². The van der Waals surface area contributed by atoms with Crippen molar-refractivity contribution in [3.05, 3.63) is 197 Å².